The van der Waals surface area contributed by atoms with Gasteiger partial charge in [-0.1, -0.05) is 60.5 Å². The minimum atomic E-state index is 0.496. The topological polar surface area (TPSA) is 12.0 Å². The van der Waals surface area contributed by atoms with Gasteiger partial charge in [-0.25, -0.2) is 0 Å². The minimum absolute atomic E-state index is 0.496. The molecule has 1 nitrogen and oxygen atoms in total. The van der Waals surface area contributed by atoms with Crippen LogP contribution >= 0.6 is 23.2 Å². The fraction of sp³-hybridized carbons (Fsp3) is 0.294. The van der Waals surface area contributed by atoms with Crippen LogP contribution in [0.3, 0.4) is 0 Å². The van der Waals surface area contributed by atoms with Crippen molar-refractivity contribution >= 4 is 23.2 Å². The van der Waals surface area contributed by atoms with Crippen molar-refractivity contribution in [3.8, 4) is 11.1 Å². The summed E-state index contributed by atoms with van der Waals surface area (Å²) in [5.74, 6) is 0. The van der Waals surface area contributed by atoms with Gasteiger partial charge in [0.15, 0.2) is 0 Å². The lowest BCUT2D eigenvalue weighted by atomic mass is 10.0. The lowest BCUT2D eigenvalue weighted by Gasteiger charge is -2.12. The Labute approximate surface area is 130 Å². The summed E-state index contributed by atoms with van der Waals surface area (Å²) >= 11 is 12.0. The molecule has 2 rings (SSSR count). The van der Waals surface area contributed by atoms with Crippen molar-refractivity contribution < 1.29 is 0 Å². The van der Waals surface area contributed by atoms with E-state index in [-0.39, 0.29) is 0 Å². The molecule has 0 aliphatic carbocycles. The van der Waals surface area contributed by atoms with Gasteiger partial charge in [-0.3, -0.25) is 0 Å². The van der Waals surface area contributed by atoms with E-state index in [1.165, 1.54) is 5.56 Å². The molecule has 0 bridgehead atoms. The van der Waals surface area contributed by atoms with Crippen molar-refractivity contribution in [1.29, 1.82) is 0 Å². The Morgan fingerprint density at radius 2 is 1.60 bits per heavy atom. The van der Waals surface area contributed by atoms with Crippen LogP contribution in [0.4, 0.5) is 0 Å². The van der Waals surface area contributed by atoms with Gasteiger partial charge in [0.2, 0.25) is 0 Å². The predicted molar refractivity (Wildman–Crippen MR) is 88.7 cm³/mol. The predicted octanol–water partition coefficient (Wildman–Crippen LogP) is 5.20. The van der Waals surface area contributed by atoms with Crippen LogP contribution < -0.4 is 5.32 Å². The third kappa shape index (κ3) is 3.99. The summed E-state index contributed by atoms with van der Waals surface area (Å²) in [4.78, 5) is 0. The number of hydrogen-bond donors (Lipinski definition) is 1. The van der Waals surface area contributed by atoms with Gasteiger partial charge < -0.3 is 5.32 Å². The molecule has 0 amide bonds. The van der Waals surface area contributed by atoms with Gasteiger partial charge in [-0.15, -0.1) is 0 Å². The van der Waals surface area contributed by atoms with E-state index in [2.05, 4.69) is 43.4 Å². The number of nitrogens with one attached hydrogen (secondary N) is 1. The van der Waals surface area contributed by atoms with Crippen LogP contribution in [0.5, 0.6) is 0 Å². The summed E-state index contributed by atoms with van der Waals surface area (Å²) < 4.78 is 0. The van der Waals surface area contributed by atoms with Crippen molar-refractivity contribution in [2.24, 2.45) is 0 Å². The Balaban J connectivity index is 2.13. The van der Waals surface area contributed by atoms with Crippen LogP contribution in [0.2, 0.25) is 10.0 Å². The number of rotatable bonds is 5. The maximum Gasteiger partial charge on any atom is 0.0598 e. The van der Waals surface area contributed by atoms with Crippen LogP contribution in [0.1, 0.15) is 19.4 Å². The zero-order valence-electron chi connectivity index (χ0n) is 11.8. The monoisotopic (exact) mass is 307 g/mol. The summed E-state index contributed by atoms with van der Waals surface area (Å²) in [6, 6.07) is 14.8. The molecule has 0 radical (unpaired) electrons. The smallest absolute Gasteiger partial charge is 0.0598 e. The number of halogens is 2. The van der Waals surface area contributed by atoms with Crippen LogP contribution in [0, 0.1) is 0 Å². The molecule has 0 saturated heterocycles. The van der Waals surface area contributed by atoms with E-state index in [0.717, 1.165) is 24.1 Å². The highest BCUT2D eigenvalue weighted by Crippen LogP contribution is 2.28. The SMILES string of the molecule is CCNC(C)Cc1ccc(-c2ccc(Cl)c(Cl)c2)cc1. The van der Waals surface area contributed by atoms with Gasteiger partial charge in [0.05, 0.1) is 10.0 Å². The van der Waals surface area contributed by atoms with Crippen molar-refractivity contribution in [2.75, 3.05) is 6.54 Å². The molecule has 0 fully saturated rings. The average molecular weight is 308 g/mol. The van der Waals surface area contributed by atoms with E-state index in [1.54, 1.807) is 0 Å². The van der Waals surface area contributed by atoms with E-state index in [1.807, 2.05) is 18.2 Å². The molecule has 0 aliphatic rings. The molecule has 1 unspecified atom stereocenters. The highest BCUT2D eigenvalue weighted by atomic mass is 35.5. The quantitative estimate of drug-likeness (QED) is 0.800. The molecule has 0 spiro atoms. The van der Waals surface area contributed by atoms with Crippen molar-refractivity contribution in [2.45, 2.75) is 26.3 Å². The zero-order chi connectivity index (χ0) is 14.5. The van der Waals surface area contributed by atoms with Gasteiger partial charge in [0, 0.05) is 6.04 Å². The molecule has 1 N–H and O–H groups in total. The first-order valence-corrected chi connectivity index (χ1v) is 7.63. The molecule has 0 aliphatic heterocycles. The second-order valence-electron chi connectivity index (χ2n) is 4.99. The average Bonchev–Trinajstić information content (AvgIpc) is 2.43. The van der Waals surface area contributed by atoms with E-state index in [0.29, 0.717) is 16.1 Å². The zero-order valence-corrected chi connectivity index (χ0v) is 13.3. The molecule has 20 heavy (non-hydrogen) atoms. The second-order valence-corrected chi connectivity index (χ2v) is 5.80. The first kappa shape index (κ1) is 15.4. The molecule has 2 aromatic carbocycles. The Morgan fingerprint density at radius 3 is 2.20 bits per heavy atom. The third-order valence-corrected chi connectivity index (χ3v) is 4.04. The minimum Gasteiger partial charge on any atom is -0.314 e. The molecule has 0 heterocycles. The molecule has 106 valence electrons. The highest BCUT2D eigenvalue weighted by molar-refractivity contribution is 6.42. The molecular formula is C17H19Cl2N. The number of benzene rings is 2. The number of hydrogen-bond acceptors (Lipinski definition) is 1. The summed E-state index contributed by atoms with van der Waals surface area (Å²) in [5.41, 5.74) is 3.58. The van der Waals surface area contributed by atoms with Crippen molar-refractivity contribution in [1.82, 2.24) is 5.32 Å². The van der Waals surface area contributed by atoms with Gasteiger partial charge in [0.1, 0.15) is 0 Å². The van der Waals surface area contributed by atoms with Crippen LogP contribution in [0.25, 0.3) is 11.1 Å². The highest BCUT2D eigenvalue weighted by Gasteiger charge is 2.04. The fourth-order valence-corrected chi connectivity index (χ4v) is 2.58. The normalized spacial score (nSPS) is 12.4. The Bertz CT molecular complexity index is 564. The Morgan fingerprint density at radius 1 is 0.950 bits per heavy atom. The van der Waals surface area contributed by atoms with Gasteiger partial charge in [-0.05, 0) is 48.7 Å². The lowest BCUT2D eigenvalue weighted by molar-refractivity contribution is 0.565. The van der Waals surface area contributed by atoms with Gasteiger partial charge in [-0.2, -0.15) is 0 Å². The Hall–Kier alpha value is -1.02. The van der Waals surface area contributed by atoms with Gasteiger partial charge in [0.25, 0.3) is 0 Å². The van der Waals surface area contributed by atoms with Crippen LogP contribution in [-0.2, 0) is 6.42 Å². The molecule has 1 atom stereocenters. The first-order valence-electron chi connectivity index (χ1n) is 6.88. The Kier molecular flexibility index (Phi) is 5.47. The summed E-state index contributed by atoms with van der Waals surface area (Å²) in [6.45, 7) is 5.34. The standard InChI is InChI=1S/C17H19Cl2N/c1-3-20-12(2)10-13-4-6-14(7-5-13)15-8-9-16(18)17(19)11-15/h4-9,11-12,20H,3,10H2,1-2H3. The third-order valence-electron chi connectivity index (χ3n) is 3.30. The second kappa shape index (κ2) is 7.12. The maximum atomic E-state index is 6.06. The summed E-state index contributed by atoms with van der Waals surface area (Å²) in [6.07, 6.45) is 1.04. The largest absolute Gasteiger partial charge is 0.314 e. The van der Waals surface area contributed by atoms with Gasteiger partial charge >= 0.3 is 0 Å². The molecule has 3 heteroatoms. The van der Waals surface area contributed by atoms with E-state index >= 15 is 0 Å². The molecule has 0 aromatic heterocycles. The van der Waals surface area contributed by atoms with E-state index < -0.39 is 0 Å². The van der Waals surface area contributed by atoms with E-state index in [4.69, 9.17) is 23.2 Å². The first-order chi connectivity index (χ1) is 9.60. The maximum absolute atomic E-state index is 6.06. The van der Waals surface area contributed by atoms with E-state index in [9.17, 15) is 0 Å². The van der Waals surface area contributed by atoms with Crippen molar-refractivity contribution in [3.63, 3.8) is 0 Å². The molecular weight excluding hydrogens is 289 g/mol. The number of likely N-dealkylation sites (N-methyl/N-ethyl adjacent to an activating group) is 1. The molecule has 0 saturated carbocycles. The van der Waals surface area contributed by atoms with Crippen molar-refractivity contribution in [3.05, 3.63) is 58.1 Å². The summed E-state index contributed by atoms with van der Waals surface area (Å²) in [5, 5.41) is 4.60. The summed E-state index contributed by atoms with van der Waals surface area (Å²) in [7, 11) is 0. The van der Waals surface area contributed by atoms with Crippen LogP contribution in [0.15, 0.2) is 42.5 Å². The fourth-order valence-electron chi connectivity index (χ4n) is 2.28. The molecule has 2 aromatic rings. The van der Waals surface area contributed by atoms with Crippen LogP contribution in [-0.4, -0.2) is 12.6 Å². The lowest BCUT2D eigenvalue weighted by Crippen LogP contribution is -2.27.